The predicted molar refractivity (Wildman–Crippen MR) is 143 cm³/mol. The van der Waals surface area contributed by atoms with Crippen molar-refractivity contribution in [2.45, 2.75) is 31.8 Å². The molecule has 3 N–H and O–H groups in total. The number of aromatic nitrogens is 2. The zero-order valence-corrected chi connectivity index (χ0v) is 21.9. The highest BCUT2D eigenvalue weighted by Crippen LogP contribution is 2.27. The topological polar surface area (TPSA) is 102 Å². The van der Waals surface area contributed by atoms with E-state index in [1.807, 2.05) is 19.0 Å². The summed E-state index contributed by atoms with van der Waals surface area (Å²) in [6, 6.07) is 5.40. The van der Waals surface area contributed by atoms with E-state index < -0.39 is 6.04 Å². The fourth-order valence-corrected chi connectivity index (χ4v) is 3.59. The van der Waals surface area contributed by atoms with Crippen LogP contribution in [0, 0.1) is 23.6 Å². The van der Waals surface area contributed by atoms with Crippen molar-refractivity contribution in [3.05, 3.63) is 54.0 Å². The lowest BCUT2D eigenvalue weighted by Gasteiger charge is -2.34. The highest BCUT2D eigenvalue weighted by atomic mass is 19.1. The molecular weight excluding hydrogens is 473 g/mol. The summed E-state index contributed by atoms with van der Waals surface area (Å²) in [5, 5.41) is 9.07. The molecule has 9 nitrogen and oxygen atoms in total. The van der Waals surface area contributed by atoms with Gasteiger partial charge in [0.25, 0.3) is 0 Å². The van der Waals surface area contributed by atoms with Crippen molar-refractivity contribution in [2.24, 2.45) is 5.92 Å². The molecule has 10 heteroatoms. The maximum absolute atomic E-state index is 13.1. The van der Waals surface area contributed by atoms with E-state index in [4.69, 9.17) is 0 Å². The number of carbonyl (C=O) groups is 2. The van der Waals surface area contributed by atoms with Crippen LogP contribution in [0.4, 0.5) is 21.8 Å². The lowest BCUT2D eigenvalue weighted by atomic mass is 9.80. The normalized spacial score (nSPS) is 17.4. The van der Waals surface area contributed by atoms with Crippen LogP contribution < -0.4 is 16.0 Å². The third-order valence-corrected chi connectivity index (χ3v) is 6.06. The molecule has 0 unspecified atom stereocenters. The summed E-state index contributed by atoms with van der Waals surface area (Å²) in [5.74, 6) is 6.77. The van der Waals surface area contributed by atoms with Crippen molar-refractivity contribution < 1.29 is 14.0 Å². The molecule has 1 atom stereocenters. The first-order valence-corrected chi connectivity index (χ1v) is 12.1. The van der Waals surface area contributed by atoms with Gasteiger partial charge < -0.3 is 25.8 Å². The van der Waals surface area contributed by atoms with Gasteiger partial charge in [-0.2, -0.15) is 4.98 Å². The number of benzene rings is 1. The Labute approximate surface area is 217 Å². The molecule has 0 aliphatic heterocycles. The Morgan fingerprint density at radius 2 is 1.92 bits per heavy atom. The lowest BCUT2D eigenvalue weighted by molar-refractivity contribution is -0.135. The molecule has 2 aromatic rings. The quantitative estimate of drug-likeness (QED) is 0.354. The third-order valence-electron chi connectivity index (χ3n) is 6.06. The number of nitrogens with one attached hydrogen (secondary N) is 3. The number of hydrogen-bond acceptors (Lipinski definition) is 7. The van der Waals surface area contributed by atoms with Crippen molar-refractivity contribution in [2.75, 3.05) is 45.4 Å². The van der Waals surface area contributed by atoms with Gasteiger partial charge in [0.1, 0.15) is 17.7 Å². The van der Waals surface area contributed by atoms with Gasteiger partial charge >= 0.3 is 0 Å². The van der Waals surface area contributed by atoms with E-state index in [2.05, 4.69) is 37.8 Å². The van der Waals surface area contributed by atoms with Crippen LogP contribution in [0.25, 0.3) is 0 Å². The second kappa shape index (κ2) is 12.8. The molecule has 1 aliphatic rings. The summed E-state index contributed by atoms with van der Waals surface area (Å²) in [6.45, 7) is 2.38. The van der Waals surface area contributed by atoms with Crippen LogP contribution in [-0.4, -0.2) is 78.4 Å². The summed E-state index contributed by atoms with van der Waals surface area (Å²) in [4.78, 5) is 37.0. The van der Waals surface area contributed by atoms with Crippen LogP contribution in [0.1, 0.15) is 25.3 Å². The molecule has 1 aromatic heterocycles. The van der Waals surface area contributed by atoms with Crippen molar-refractivity contribution in [1.29, 1.82) is 0 Å². The van der Waals surface area contributed by atoms with Crippen molar-refractivity contribution in [3.8, 4) is 11.8 Å². The Morgan fingerprint density at radius 3 is 2.57 bits per heavy atom. The van der Waals surface area contributed by atoms with Gasteiger partial charge in [0.15, 0.2) is 0 Å². The largest absolute Gasteiger partial charge is 0.372 e. The van der Waals surface area contributed by atoms with E-state index in [-0.39, 0.29) is 29.6 Å². The summed E-state index contributed by atoms with van der Waals surface area (Å²) in [7, 11) is 7.22. The number of halogens is 1. The first-order chi connectivity index (χ1) is 17.7. The molecule has 1 saturated carbocycles. The summed E-state index contributed by atoms with van der Waals surface area (Å²) >= 11 is 0. The molecule has 1 aromatic carbocycles. The van der Waals surface area contributed by atoms with Crippen molar-refractivity contribution in [3.63, 3.8) is 0 Å². The van der Waals surface area contributed by atoms with Gasteiger partial charge in [0, 0.05) is 44.4 Å². The van der Waals surface area contributed by atoms with Crippen LogP contribution in [-0.2, 0) is 9.59 Å². The first kappa shape index (κ1) is 27.6. The van der Waals surface area contributed by atoms with Gasteiger partial charge in [-0.05, 0) is 58.1 Å². The zero-order valence-electron chi connectivity index (χ0n) is 21.9. The van der Waals surface area contributed by atoms with Gasteiger partial charge in [0.05, 0.1) is 11.8 Å². The van der Waals surface area contributed by atoms with Gasteiger partial charge in [-0.25, -0.2) is 9.37 Å². The molecule has 37 heavy (non-hydrogen) atoms. The van der Waals surface area contributed by atoms with Gasteiger partial charge in [-0.1, -0.05) is 17.9 Å². The highest BCUT2D eigenvalue weighted by Gasteiger charge is 2.31. The zero-order chi connectivity index (χ0) is 26.9. The van der Waals surface area contributed by atoms with Crippen LogP contribution >= 0.6 is 0 Å². The van der Waals surface area contributed by atoms with Crippen LogP contribution in [0.5, 0.6) is 0 Å². The van der Waals surface area contributed by atoms with E-state index in [1.165, 1.54) is 23.1 Å². The Bertz CT molecular complexity index is 1180. The molecule has 1 fully saturated rings. The van der Waals surface area contributed by atoms with Crippen LogP contribution in [0.3, 0.4) is 0 Å². The second-order valence-corrected chi connectivity index (χ2v) is 9.27. The lowest BCUT2D eigenvalue weighted by Crippen LogP contribution is -2.51. The Balaban J connectivity index is 1.49. The third kappa shape index (κ3) is 8.02. The van der Waals surface area contributed by atoms with Crippen LogP contribution in [0.2, 0.25) is 0 Å². The SMILES string of the molecule is CNc1nc(Nc2ccc(F)cc2)ncc1C#CC1CC(NC(=O)[C@H](C)N(C)C(=O)/C=C/CN(C)C)C1. The molecule has 1 aliphatic carbocycles. The minimum atomic E-state index is -0.570. The van der Waals surface area contributed by atoms with E-state index in [1.54, 1.807) is 45.4 Å². The molecule has 0 bridgehead atoms. The summed E-state index contributed by atoms with van der Waals surface area (Å²) in [5.41, 5.74) is 1.34. The summed E-state index contributed by atoms with van der Waals surface area (Å²) < 4.78 is 13.1. The molecule has 0 spiro atoms. The van der Waals surface area contributed by atoms with Crippen molar-refractivity contribution >= 4 is 29.3 Å². The Hall–Kier alpha value is -3.97. The van der Waals surface area contributed by atoms with E-state index >= 15 is 0 Å². The number of amides is 2. The van der Waals surface area contributed by atoms with Gasteiger partial charge in [-0.15, -0.1) is 0 Å². The average molecular weight is 508 g/mol. The van der Waals surface area contributed by atoms with E-state index in [9.17, 15) is 14.0 Å². The minimum Gasteiger partial charge on any atom is -0.372 e. The highest BCUT2D eigenvalue weighted by molar-refractivity contribution is 5.92. The van der Waals surface area contributed by atoms with Gasteiger partial charge in [0.2, 0.25) is 17.8 Å². The Morgan fingerprint density at radius 1 is 1.22 bits per heavy atom. The van der Waals surface area contributed by atoms with Gasteiger partial charge in [-0.3, -0.25) is 9.59 Å². The molecule has 3 rings (SSSR count). The average Bonchev–Trinajstić information content (AvgIpc) is 2.85. The smallest absolute Gasteiger partial charge is 0.246 e. The summed E-state index contributed by atoms with van der Waals surface area (Å²) in [6.07, 6.45) is 6.39. The molecular formula is C27H34FN7O2. The number of rotatable bonds is 9. The maximum atomic E-state index is 13.1. The number of likely N-dealkylation sites (N-methyl/N-ethyl adjacent to an activating group) is 2. The molecule has 0 saturated heterocycles. The standard InChI is InChI=1S/C27H34FN7O2/c1-18(35(5)24(36)7-6-14-34(3)4)26(37)31-23-15-19(16-23)8-9-20-17-30-27(33-25(20)29-2)32-22-12-10-21(28)11-13-22/h6-7,10-13,17-19,23H,14-16H2,1-5H3,(H,31,37)(H2,29,30,32,33)/b7-6+/t18-,19?,23?/m0/s1. The fraction of sp³-hybridized carbons (Fsp3) is 0.407. The minimum absolute atomic E-state index is 0.0318. The molecule has 0 radical (unpaired) electrons. The first-order valence-electron chi connectivity index (χ1n) is 12.1. The second-order valence-electron chi connectivity index (χ2n) is 9.27. The van der Waals surface area contributed by atoms with Crippen molar-refractivity contribution in [1.82, 2.24) is 25.1 Å². The molecule has 2 amide bonds. The Kier molecular flexibility index (Phi) is 9.57. The monoisotopic (exact) mass is 507 g/mol. The number of carbonyl (C=O) groups excluding carboxylic acids is 2. The number of anilines is 3. The van der Waals surface area contributed by atoms with E-state index in [0.29, 0.717) is 29.6 Å². The fourth-order valence-electron chi connectivity index (χ4n) is 3.59. The van der Waals surface area contributed by atoms with Crippen LogP contribution in [0.15, 0.2) is 42.6 Å². The van der Waals surface area contributed by atoms with E-state index in [0.717, 1.165) is 12.8 Å². The molecule has 1 heterocycles. The number of nitrogens with zero attached hydrogens (tertiary/aromatic N) is 4. The predicted octanol–water partition coefficient (Wildman–Crippen LogP) is 2.61. The molecule has 196 valence electrons. The maximum Gasteiger partial charge on any atom is 0.246 e. The number of hydrogen-bond donors (Lipinski definition) is 3.